The predicted octanol–water partition coefficient (Wildman–Crippen LogP) is 2.87. The van der Waals surface area contributed by atoms with Crippen molar-refractivity contribution < 1.29 is 10.2 Å². The third kappa shape index (κ3) is 9.13. The summed E-state index contributed by atoms with van der Waals surface area (Å²) in [5.74, 6) is 6.65. The minimum Gasteiger partial charge on any atom is -0.391 e. The second-order valence-electron chi connectivity index (χ2n) is 4.61. The predicted molar refractivity (Wildman–Crippen MR) is 101 cm³/mol. The lowest BCUT2D eigenvalue weighted by molar-refractivity contribution is 0.223. The number of alkyl halides is 2. The van der Waals surface area contributed by atoms with Crippen molar-refractivity contribution in [3.05, 3.63) is 0 Å². The lowest BCUT2D eigenvalue weighted by Gasteiger charge is -2.28. The molecule has 8 heteroatoms. The van der Waals surface area contributed by atoms with Gasteiger partial charge in [-0.3, -0.25) is 0 Å². The van der Waals surface area contributed by atoms with Gasteiger partial charge in [0.2, 0.25) is 0 Å². The smallest absolute Gasteiger partial charge is 0.0765 e. The first kappa shape index (κ1) is 19.9. The standard InChI is InChI=1S/C12H22Cl2O2S4/c13-1-9(15)3-17-5-11-7-19-8-12(20-11)6-18-4-10(16)2-14/h9-12,15-16H,1-8H2. The van der Waals surface area contributed by atoms with Crippen LogP contribution in [0.5, 0.6) is 0 Å². The van der Waals surface area contributed by atoms with Gasteiger partial charge in [0.05, 0.1) is 12.2 Å². The summed E-state index contributed by atoms with van der Waals surface area (Å²) in [5, 5.41) is 20.2. The zero-order valence-electron chi connectivity index (χ0n) is 11.2. The first-order valence-electron chi connectivity index (χ1n) is 6.52. The highest BCUT2D eigenvalue weighted by Crippen LogP contribution is 2.34. The third-order valence-electron chi connectivity index (χ3n) is 2.58. The van der Waals surface area contributed by atoms with Crippen LogP contribution in [0.2, 0.25) is 0 Å². The lowest BCUT2D eigenvalue weighted by atomic mass is 10.5. The molecule has 1 rings (SSSR count). The van der Waals surface area contributed by atoms with Gasteiger partial charge in [0.25, 0.3) is 0 Å². The van der Waals surface area contributed by atoms with Crippen molar-refractivity contribution in [1.82, 2.24) is 0 Å². The Morgan fingerprint density at radius 2 is 1.40 bits per heavy atom. The van der Waals surface area contributed by atoms with E-state index in [0.717, 1.165) is 23.0 Å². The zero-order chi connectivity index (χ0) is 14.8. The maximum Gasteiger partial charge on any atom is 0.0765 e. The van der Waals surface area contributed by atoms with Crippen LogP contribution in [0.15, 0.2) is 0 Å². The highest BCUT2D eigenvalue weighted by atomic mass is 35.5. The van der Waals surface area contributed by atoms with Gasteiger partial charge < -0.3 is 10.2 Å². The van der Waals surface area contributed by atoms with Crippen LogP contribution in [0.25, 0.3) is 0 Å². The molecule has 0 saturated carbocycles. The van der Waals surface area contributed by atoms with Gasteiger partial charge in [-0.15, -0.1) is 23.2 Å². The Balaban J connectivity index is 2.12. The molecule has 0 aromatic rings. The molecule has 0 spiro atoms. The maximum absolute atomic E-state index is 9.43. The van der Waals surface area contributed by atoms with Gasteiger partial charge in [-0.2, -0.15) is 47.0 Å². The van der Waals surface area contributed by atoms with E-state index >= 15 is 0 Å². The Kier molecular flexibility index (Phi) is 12.3. The van der Waals surface area contributed by atoms with Crippen LogP contribution in [0, 0.1) is 0 Å². The largest absolute Gasteiger partial charge is 0.391 e. The molecule has 1 aliphatic rings. The molecule has 120 valence electrons. The number of aliphatic hydroxyl groups is 2. The van der Waals surface area contributed by atoms with Crippen LogP contribution < -0.4 is 0 Å². The molecular weight excluding hydrogens is 375 g/mol. The minimum absolute atomic E-state index is 0.321. The van der Waals surface area contributed by atoms with Crippen LogP contribution in [0.3, 0.4) is 0 Å². The van der Waals surface area contributed by atoms with Gasteiger partial charge in [0, 0.05) is 56.8 Å². The first-order chi connectivity index (χ1) is 9.65. The van der Waals surface area contributed by atoms with Gasteiger partial charge in [-0.1, -0.05) is 0 Å². The average Bonchev–Trinajstić information content (AvgIpc) is 2.47. The molecule has 0 aliphatic carbocycles. The van der Waals surface area contributed by atoms with Gasteiger partial charge >= 0.3 is 0 Å². The van der Waals surface area contributed by atoms with Crippen molar-refractivity contribution in [3.63, 3.8) is 0 Å². The van der Waals surface area contributed by atoms with Crippen LogP contribution in [-0.4, -0.2) is 79.2 Å². The minimum atomic E-state index is -0.383. The van der Waals surface area contributed by atoms with Crippen LogP contribution in [0.4, 0.5) is 0 Å². The normalized spacial score (nSPS) is 26.4. The van der Waals surface area contributed by atoms with Crippen LogP contribution >= 0.6 is 70.2 Å². The summed E-state index contributed by atoms with van der Waals surface area (Å²) in [5.41, 5.74) is 0. The molecule has 0 radical (unpaired) electrons. The number of aliphatic hydroxyl groups excluding tert-OH is 2. The Morgan fingerprint density at radius 3 is 1.80 bits per heavy atom. The van der Waals surface area contributed by atoms with E-state index in [0.29, 0.717) is 22.3 Å². The van der Waals surface area contributed by atoms with Crippen LogP contribution in [-0.2, 0) is 0 Å². The number of hydrogen-bond acceptors (Lipinski definition) is 6. The Labute approximate surface area is 148 Å². The molecular formula is C12H22Cl2O2S4. The summed E-state index contributed by atoms with van der Waals surface area (Å²) < 4.78 is 0. The van der Waals surface area contributed by atoms with E-state index in [1.54, 1.807) is 23.5 Å². The fourth-order valence-corrected chi connectivity index (χ4v) is 8.06. The SMILES string of the molecule is OC(CCl)CSCC1CSCC(CSCC(O)CCl)S1. The molecule has 4 atom stereocenters. The molecule has 1 heterocycles. The molecule has 4 unspecified atom stereocenters. The van der Waals surface area contributed by atoms with Crippen molar-refractivity contribution in [2.75, 3.05) is 46.3 Å². The summed E-state index contributed by atoms with van der Waals surface area (Å²) in [7, 11) is 0. The molecule has 20 heavy (non-hydrogen) atoms. The monoisotopic (exact) mass is 396 g/mol. The van der Waals surface area contributed by atoms with Crippen molar-refractivity contribution in [2.45, 2.75) is 22.7 Å². The first-order valence-corrected chi connectivity index (χ1v) is 12.0. The van der Waals surface area contributed by atoms with Gasteiger partial charge in [-0.05, 0) is 0 Å². The number of halogens is 2. The fourth-order valence-electron chi connectivity index (χ4n) is 1.62. The third-order valence-corrected chi connectivity index (χ3v) is 9.36. The Hall–Kier alpha value is 1.90. The number of rotatable bonds is 10. The van der Waals surface area contributed by atoms with Crippen molar-refractivity contribution in [2.24, 2.45) is 0 Å². The maximum atomic E-state index is 9.43. The average molecular weight is 397 g/mol. The van der Waals surface area contributed by atoms with E-state index in [1.807, 2.05) is 11.8 Å². The lowest BCUT2D eigenvalue weighted by Crippen LogP contribution is -2.26. The molecule has 2 nitrogen and oxygen atoms in total. The molecule has 1 fully saturated rings. The quantitative estimate of drug-likeness (QED) is 0.553. The van der Waals surface area contributed by atoms with Crippen LogP contribution in [0.1, 0.15) is 0 Å². The van der Waals surface area contributed by atoms with Crippen molar-refractivity contribution in [3.8, 4) is 0 Å². The Morgan fingerprint density at radius 1 is 0.950 bits per heavy atom. The summed E-state index contributed by atoms with van der Waals surface area (Å²) >= 11 is 18.8. The van der Waals surface area contributed by atoms with Gasteiger partial charge in [0.15, 0.2) is 0 Å². The number of hydrogen-bond donors (Lipinski definition) is 2. The topological polar surface area (TPSA) is 40.5 Å². The zero-order valence-corrected chi connectivity index (χ0v) is 16.0. The highest BCUT2D eigenvalue weighted by molar-refractivity contribution is 8.09. The molecule has 2 N–H and O–H groups in total. The summed E-state index contributed by atoms with van der Waals surface area (Å²) in [4.78, 5) is 0. The molecule has 0 aromatic heterocycles. The van der Waals surface area contributed by atoms with E-state index in [9.17, 15) is 10.2 Å². The summed E-state index contributed by atoms with van der Waals surface area (Å²) in [6.07, 6.45) is -0.766. The van der Waals surface area contributed by atoms with Gasteiger partial charge in [0.1, 0.15) is 0 Å². The molecule has 0 amide bonds. The van der Waals surface area contributed by atoms with E-state index < -0.39 is 0 Å². The van der Waals surface area contributed by atoms with E-state index in [4.69, 9.17) is 23.2 Å². The van der Waals surface area contributed by atoms with E-state index in [1.165, 1.54) is 11.5 Å². The molecule has 0 bridgehead atoms. The summed E-state index contributed by atoms with van der Waals surface area (Å²) in [6.45, 7) is 0. The second kappa shape index (κ2) is 12.3. The van der Waals surface area contributed by atoms with Crippen molar-refractivity contribution in [1.29, 1.82) is 0 Å². The number of thioether (sulfide) groups is 4. The highest BCUT2D eigenvalue weighted by Gasteiger charge is 2.23. The van der Waals surface area contributed by atoms with E-state index in [-0.39, 0.29) is 12.2 Å². The van der Waals surface area contributed by atoms with Crippen molar-refractivity contribution >= 4 is 70.2 Å². The fraction of sp³-hybridized carbons (Fsp3) is 1.00. The summed E-state index contributed by atoms with van der Waals surface area (Å²) in [6, 6.07) is 0. The van der Waals surface area contributed by atoms with E-state index in [2.05, 4.69) is 11.8 Å². The Bertz CT molecular complexity index is 229. The molecule has 1 saturated heterocycles. The molecule has 1 aliphatic heterocycles. The van der Waals surface area contributed by atoms with Gasteiger partial charge in [-0.25, -0.2) is 0 Å². The second-order valence-corrected chi connectivity index (χ2v) is 10.1. The molecule has 0 aromatic carbocycles.